The minimum absolute atomic E-state index is 0.0440. The summed E-state index contributed by atoms with van der Waals surface area (Å²) in [6.07, 6.45) is 3.80. The van der Waals surface area contributed by atoms with E-state index in [1.54, 1.807) is 18.2 Å². The summed E-state index contributed by atoms with van der Waals surface area (Å²) in [5, 5.41) is 9.89. The van der Waals surface area contributed by atoms with Crippen LogP contribution >= 0.6 is 15.9 Å². The molecule has 0 aromatic heterocycles. The molecule has 0 radical (unpaired) electrons. The lowest BCUT2D eigenvalue weighted by molar-refractivity contribution is 0.0572. The molecule has 1 amide bonds. The number of halogens is 1. The van der Waals surface area contributed by atoms with Crippen LogP contribution in [0.5, 0.6) is 5.75 Å². The van der Waals surface area contributed by atoms with E-state index in [-0.39, 0.29) is 29.8 Å². The molecule has 2 aliphatic rings. The van der Waals surface area contributed by atoms with Crippen LogP contribution in [0, 0.1) is 0 Å². The highest BCUT2D eigenvalue weighted by Gasteiger charge is 2.42. The Morgan fingerprint density at radius 2 is 1.95 bits per heavy atom. The zero-order chi connectivity index (χ0) is 13.6. The van der Waals surface area contributed by atoms with Crippen molar-refractivity contribution in [2.24, 2.45) is 5.73 Å². The number of phenolic OH excluding ortho intramolecular Hbond substituents is 1. The second kappa shape index (κ2) is 4.80. The fourth-order valence-electron chi connectivity index (χ4n) is 3.37. The Balaban J connectivity index is 1.90. The Kier molecular flexibility index (Phi) is 3.27. The second-order valence-electron chi connectivity index (χ2n) is 5.49. The summed E-state index contributed by atoms with van der Waals surface area (Å²) in [4.78, 5) is 14.6. The smallest absolute Gasteiger partial charge is 0.258 e. The molecule has 2 unspecified atom stereocenters. The van der Waals surface area contributed by atoms with Crippen LogP contribution in [0.2, 0.25) is 0 Å². The third-order valence-corrected chi connectivity index (χ3v) is 4.69. The first kappa shape index (κ1) is 12.9. The number of benzene rings is 1. The van der Waals surface area contributed by atoms with Crippen LogP contribution in [0.25, 0.3) is 0 Å². The number of nitrogens with zero attached hydrogens (tertiary/aromatic N) is 1. The lowest BCUT2D eigenvalue weighted by Crippen LogP contribution is -2.50. The van der Waals surface area contributed by atoms with Crippen molar-refractivity contribution in [3.63, 3.8) is 0 Å². The van der Waals surface area contributed by atoms with E-state index in [0.29, 0.717) is 5.56 Å². The van der Waals surface area contributed by atoms with E-state index in [0.717, 1.165) is 30.2 Å². The van der Waals surface area contributed by atoms with Crippen molar-refractivity contribution in [2.75, 3.05) is 0 Å². The number of carbonyl (C=O) groups excluding carboxylic acids is 1. The van der Waals surface area contributed by atoms with Gasteiger partial charge in [0, 0.05) is 22.6 Å². The minimum Gasteiger partial charge on any atom is -0.507 e. The zero-order valence-corrected chi connectivity index (χ0v) is 12.1. The van der Waals surface area contributed by atoms with Crippen molar-refractivity contribution in [2.45, 2.75) is 43.8 Å². The van der Waals surface area contributed by atoms with Crippen LogP contribution in [0.3, 0.4) is 0 Å². The highest BCUT2D eigenvalue weighted by molar-refractivity contribution is 9.10. The molecule has 2 saturated heterocycles. The van der Waals surface area contributed by atoms with Gasteiger partial charge in [-0.3, -0.25) is 4.79 Å². The second-order valence-corrected chi connectivity index (χ2v) is 6.41. The summed E-state index contributed by atoms with van der Waals surface area (Å²) >= 11 is 3.34. The molecule has 2 fully saturated rings. The number of carbonyl (C=O) groups is 1. The van der Waals surface area contributed by atoms with E-state index >= 15 is 0 Å². The lowest BCUT2D eigenvalue weighted by atomic mass is 9.97. The molecular formula is C14H17BrN2O2. The SMILES string of the molecule is NC1CC2CCC(C1)N2C(=O)c1cc(Br)ccc1O. The van der Waals surface area contributed by atoms with Gasteiger partial charge in [0.05, 0.1) is 5.56 Å². The van der Waals surface area contributed by atoms with Gasteiger partial charge in [-0.2, -0.15) is 0 Å². The molecule has 5 heteroatoms. The number of phenols is 1. The van der Waals surface area contributed by atoms with Crippen molar-refractivity contribution in [3.8, 4) is 5.75 Å². The highest BCUT2D eigenvalue weighted by Crippen LogP contribution is 2.37. The van der Waals surface area contributed by atoms with Crippen molar-refractivity contribution < 1.29 is 9.90 Å². The number of hydrogen-bond donors (Lipinski definition) is 2. The fraction of sp³-hybridized carbons (Fsp3) is 0.500. The maximum absolute atomic E-state index is 12.6. The first-order chi connectivity index (χ1) is 9.06. The molecule has 0 spiro atoms. The Bertz CT molecular complexity index is 506. The molecule has 0 saturated carbocycles. The maximum atomic E-state index is 12.6. The monoisotopic (exact) mass is 324 g/mol. The molecule has 1 aromatic rings. The van der Waals surface area contributed by atoms with Crippen LogP contribution in [-0.2, 0) is 0 Å². The van der Waals surface area contributed by atoms with E-state index in [4.69, 9.17) is 5.73 Å². The fourth-order valence-corrected chi connectivity index (χ4v) is 3.73. The number of rotatable bonds is 1. The van der Waals surface area contributed by atoms with Gasteiger partial charge < -0.3 is 15.7 Å². The van der Waals surface area contributed by atoms with Gasteiger partial charge in [-0.05, 0) is 43.9 Å². The number of aromatic hydroxyl groups is 1. The summed E-state index contributed by atoms with van der Waals surface area (Å²) < 4.78 is 0.801. The van der Waals surface area contributed by atoms with E-state index < -0.39 is 0 Å². The Morgan fingerprint density at radius 3 is 2.58 bits per heavy atom. The van der Waals surface area contributed by atoms with Crippen molar-refractivity contribution >= 4 is 21.8 Å². The molecule has 4 nitrogen and oxygen atoms in total. The van der Waals surface area contributed by atoms with Crippen LogP contribution < -0.4 is 5.73 Å². The summed E-state index contributed by atoms with van der Waals surface area (Å²) in [5.74, 6) is -0.0272. The summed E-state index contributed by atoms with van der Waals surface area (Å²) in [5.41, 5.74) is 6.39. The normalized spacial score (nSPS) is 29.6. The lowest BCUT2D eigenvalue weighted by Gasteiger charge is -2.37. The number of piperidine rings is 1. The molecule has 2 bridgehead atoms. The average Bonchev–Trinajstić information content (AvgIpc) is 2.64. The molecule has 102 valence electrons. The van der Waals surface area contributed by atoms with Gasteiger partial charge in [0.1, 0.15) is 5.75 Å². The standard InChI is InChI=1S/C14H17BrN2O2/c15-8-1-4-13(18)12(5-8)14(19)17-10-2-3-11(17)7-9(16)6-10/h1,4-5,9-11,18H,2-3,6-7,16H2. The number of nitrogens with two attached hydrogens (primary N) is 1. The van der Waals surface area contributed by atoms with Crippen LogP contribution in [0.1, 0.15) is 36.0 Å². The molecule has 2 atom stereocenters. The molecule has 3 rings (SSSR count). The van der Waals surface area contributed by atoms with Gasteiger partial charge in [-0.25, -0.2) is 0 Å². The predicted octanol–water partition coefficient (Wildman–Crippen LogP) is 2.25. The van der Waals surface area contributed by atoms with Gasteiger partial charge in [0.2, 0.25) is 0 Å². The third kappa shape index (κ3) is 2.25. The Labute approximate surface area is 120 Å². The zero-order valence-electron chi connectivity index (χ0n) is 10.6. The first-order valence-electron chi connectivity index (χ1n) is 6.63. The highest BCUT2D eigenvalue weighted by atomic mass is 79.9. The molecule has 2 aliphatic heterocycles. The molecule has 1 aromatic carbocycles. The van der Waals surface area contributed by atoms with Crippen molar-refractivity contribution in [1.82, 2.24) is 4.90 Å². The molecule has 3 N–H and O–H groups in total. The summed E-state index contributed by atoms with van der Waals surface area (Å²) in [6, 6.07) is 5.64. The van der Waals surface area contributed by atoms with Crippen molar-refractivity contribution in [1.29, 1.82) is 0 Å². The third-order valence-electron chi connectivity index (χ3n) is 4.19. The average molecular weight is 325 g/mol. The largest absolute Gasteiger partial charge is 0.507 e. The summed E-state index contributed by atoms with van der Waals surface area (Å²) in [6.45, 7) is 0. The molecule has 2 heterocycles. The van der Waals surface area contributed by atoms with Gasteiger partial charge in [-0.1, -0.05) is 15.9 Å². The van der Waals surface area contributed by atoms with Crippen LogP contribution in [0.4, 0.5) is 0 Å². The van der Waals surface area contributed by atoms with Crippen LogP contribution in [-0.4, -0.2) is 34.0 Å². The Hall–Kier alpha value is -1.07. The number of fused-ring (bicyclic) bond motifs is 2. The summed E-state index contributed by atoms with van der Waals surface area (Å²) in [7, 11) is 0. The Morgan fingerprint density at radius 1 is 1.32 bits per heavy atom. The number of amides is 1. The van der Waals surface area contributed by atoms with Gasteiger partial charge in [0.25, 0.3) is 5.91 Å². The number of hydrogen-bond acceptors (Lipinski definition) is 3. The van der Waals surface area contributed by atoms with E-state index in [1.807, 2.05) is 4.90 Å². The first-order valence-corrected chi connectivity index (χ1v) is 7.42. The topological polar surface area (TPSA) is 66.6 Å². The van der Waals surface area contributed by atoms with E-state index in [9.17, 15) is 9.90 Å². The van der Waals surface area contributed by atoms with E-state index in [2.05, 4.69) is 15.9 Å². The molecular weight excluding hydrogens is 308 g/mol. The molecule has 0 aliphatic carbocycles. The predicted molar refractivity (Wildman–Crippen MR) is 76.0 cm³/mol. The van der Waals surface area contributed by atoms with E-state index in [1.165, 1.54) is 0 Å². The quantitative estimate of drug-likeness (QED) is 0.832. The van der Waals surface area contributed by atoms with Gasteiger partial charge in [0.15, 0.2) is 0 Å². The minimum atomic E-state index is -0.0711. The van der Waals surface area contributed by atoms with Gasteiger partial charge >= 0.3 is 0 Å². The van der Waals surface area contributed by atoms with Crippen molar-refractivity contribution in [3.05, 3.63) is 28.2 Å². The maximum Gasteiger partial charge on any atom is 0.258 e. The molecule has 19 heavy (non-hydrogen) atoms. The van der Waals surface area contributed by atoms with Gasteiger partial charge in [-0.15, -0.1) is 0 Å². The van der Waals surface area contributed by atoms with Crippen LogP contribution in [0.15, 0.2) is 22.7 Å².